The van der Waals surface area contributed by atoms with Crippen molar-refractivity contribution in [2.24, 2.45) is 0 Å². The Morgan fingerprint density at radius 3 is 2.80 bits per heavy atom. The van der Waals surface area contributed by atoms with Crippen LogP contribution in [0.1, 0.15) is 11.4 Å². The number of hydrogen-bond donors (Lipinski definition) is 0. The summed E-state index contributed by atoms with van der Waals surface area (Å²) in [6, 6.07) is 12.6. The molecule has 4 heteroatoms. The van der Waals surface area contributed by atoms with Crippen LogP contribution in [-0.2, 0) is 6.42 Å². The molecule has 0 saturated carbocycles. The molecule has 0 radical (unpaired) electrons. The maximum Gasteiger partial charge on any atom is 0.125 e. The van der Waals surface area contributed by atoms with Crippen LogP contribution in [0.2, 0.25) is 0 Å². The van der Waals surface area contributed by atoms with E-state index in [4.69, 9.17) is 11.6 Å². The normalized spacial score (nSPS) is 11.2. The maximum absolute atomic E-state index is 13.6. The minimum Gasteiger partial charge on any atom is -0.296 e. The molecule has 0 bridgehead atoms. The van der Waals surface area contributed by atoms with Gasteiger partial charge in [0.1, 0.15) is 11.6 Å². The molecule has 0 saturated heterocycles. The van der Waals surface area contributed by atoms with Crippen molar-refractivity contribution < 1.29 is 4.39 Å². The van der Waals surface area contributed by atoms with Crippen molar-refractivity contribution in [2.75, 3.05) is 5.88 Å². The summed E-state index contributed by atoms with van der Waals surface area (Å²) in [5.74, 6) is 1.09. The topological polar surface area (TPSA) is 17.8 Å². The maximum atomic E-state index is 13.6. The van der Waals surface area contributed by atoms with Crippen LogP contribution >= 0.6 is 11.6 Å². The fourth-order valence-electron chi connectivity index (χ4n) is 2.42. The van der Waals surface area contributed by atoms with Gasteiger partial charge < -0.3 is 0 Å². The largest absolute Gasteiger partial charge is 0.296 e. The van der Waals surface area contributed by atoms with E-state index < -0.39 is 0 Å². The summed E-state index contributed by atoms with van der Waals surface area (Å²) in [5, 5.41) is 0. The number of hydrogen-bond acceptors (Lipinski definition) is 1. The Bertz CT molecular complexity index is 764. The average molecular weight is 289 g/mol. The van der Waals surface area contributed by atoms with Crippen LogP contribution in [0, 0.1) is 12.7 Å². The molecule has 0 spiro atoms. The zero-order valence-electron chi connectivity index (χ0n) is 11.1. The van der Waals surface area contributed by atoms with Crippen molar-refractivity contribution in [3.63, 3.8) is 0 Å². The summed E-state index contributed by atoms with van der Waals surface area (Å²) in [7, 11) is 0. The van der Waals surface area contributed by atoms with Gasteiger partial charge in [0, 0.05) is 12.3 Å². The van der Waals surface area contributed by atoms with Gasteiger partial charge in [-0.2, -0.15) is 0 Å². The number of para-hydroxylation sites is 2. The summed E-state index contributed by atoms with van der Waals surface area (Å²) in [6.07, 6.45) is 0.645. The second kappa shape index (κ2) is 5.25. The Labute approximate surface area is 121 Å². The highest BCUT2D eigenvalue weighted by Crippen LogP contribution is 2.25. The number of aromatic nitrogens is 2. The lowest BCUT2D eigenvalue weighted by Crippen LogP contribution is -2.04. The van der Waals surface area contributed by atoms with E-state index in [0.717, 1.165) is 28.1 Å². The molecule has 1 aromatic heterocycles. The molecule has 0 N–H and O–H groups in total. The van der Waals surface area contributed by atoms with Crippen LogP contribution in [0.4, 0.5) is 4.39 Å². The fraction of sp³-hybridized carbons (Fsp3) is 0.188. The molecule has 0 aliphatic heterocycles. The van der Waals surface area contributed by atoms with Crippen LogP contribution in [0.5, 0.6) is 0 Å². The summed E-state index contributed by atoms with van der Waals surface area (Å²) >= 11 is 5.87. The Morgan fingerprint density at radius 1 is 1.20 bits per heavy atom. The number of rotatable bonds is 3. The van der Waals surface area contributed by atoms with E-state index in [9.17, 15) is 4.39 Å². The predicted octanol–water partition coefficient (Wildman–Crippen LogP) is 4.25. The lowest BCUT2D eigenvalue weighted by molar-refractivity contribution is 0.626. The minimum absolute atomic E-state index is 0.250. The molecule has 20 heavy (non-hydrogen) atoms. The zero-order chi connectivity index (χ0) is 14.1. The molecule has 0 amide bonds. The number of halogens is 2. The van der Waals surface area contributed by atoms with E-state index in [2.05, 4.69) is 4.98 Å². The Balaban J connectivity index is 2.33. The van der Waals surface area contributed by atoms with Crippen molar-refractivity contribution >= 4 is 22.6 Å². The Hall–Kier alpha value is -1.87. The second-order valence-electron chi connectivity index (χ2n) is 4.72. The van der Waals surface area contributed by atoms with Gasteiger partial charge in [0.2, 0.25) is 0 Å². The summed E-state index contributed by atoms with van der Waals surface area (Å²) in [6.45, 7) is 1.97. The molecule has 0 aliphatic carbocycles. The van der Waals surface area contributed by atoms with Crippen LogP contribution in [0.15, 0.2) is 42.5 Å². The van der Waals surface area contributed by atoms with Crippen LogP contribution < -0.4 is 0 Å². The molecular weight excluding hydrogens is 275 g/mol. The van der Waals surface area contributed by atoms with Gasteiger partial charge in [0.15, 0.2) is 0 Å². The van der Waals surface area contributed by atoms with Gasteiger partial charge in [0.25, 0.3) is 0 Å². The number of benzene rings is 2. The van der Waals surface area contributed by atoms with E-state index in [1.165, 1.54) is 6.07 Å². The van der Waals surface area contributed by atoms with E-state index in [0.29, 0.717) is 12.3 Å². The molecule has 3 aromatic rings. The van der Waals surface area contributed by atoms with E-state index in [-0.39, 0.29) is 5.82 Å². The number of alkyl halides is 1. The van der Waals surface area contributed by atoms with Gasteiger partial charge >= 0.3 is 0 Å². The summed E-state index contributed by atoms with van der Waals surface area (Å²) in [5.41, 5.74) is 3.70. The molecule has 0 fully saturated rings. The SMILES string of the molecule is Cc1ccc(F)cc1-n1c(CCCl)nc2ccccc21. The molecular formula is C16H14ClFN2. The zero-order valence-corrected chi connectivity index (χ0v) is 11.9. The number of aryl methyl sites for hydroxylation is 2. The van der Waals surface area contributed by atoms with Gasteiger partial charge in [-0.15, -0.1) is 11.6 Å². The second-order valence-corrected chi connectivity index (χ2v) is 5.10. The number of imidazole rings is 1. The van der Waals surface area contributed by atoms with Gasteiger partial charge in [-0.05, 0) is 36.8 Å². The minimum atomic E-state index is -0.250. The van der Waals surface area contributed by atoms with Gasteiger partial charge in [0.05, 0.1) is 16.7 Å². The highest BCUT2D eigenvalue weighted by Gasteiger charge is 2.13. The highest BCUT2D eigenvalue weighted by molar-refractivity contribution is 6.17. The third-order valence-corrected chi connectivity index (χ3v) is 3.55. The lowest BCUT2D eigenvalue weighted by atomic mass is 10.2. The molecule has 0 unspecified atom stereocenters. The predicted molar refractivity (Wildman–Crippen MR) is 80.2 cm³/mol. The number of fused-ring (bicyclic) bond motifs is 1. The molecule has 2 aromatic carbocycles. The van der Waals surface area contributed by atoms with Crippen molar-refractivity contribution in [1.29, 1.82) is 0 Å². The molecule has 1 heterocycles. The van der Waals surface area contributed by atoms with Crippen molar-refractivity contribution in [1.82, 2.24) is 9.55 Å². The quantitative estimate of drug-likeness (QED) is 0.659. The highest BCUT2D eigenvalue weighted by atomic mass is 35.5. The molecule has 0 atom stereocenters. The van der Waals surface area contributed by atoms with Crippen molar-refractivity contribution in [3.8, 4) is 5.69 Å². The lowest BCUT2D eigenvalue weighted by Gasteiger charge is -2.11. The van der Waals surface area contributed by atoms with E-state index in [1.54, 1.807) is 12.1 Å². The first-order chi connectivity index (χ1) is 9.70. The standard InChI is InChI=1S/C16H14ClFN2/c1-11-6-7-12(18)10-15(11)20-14-5-3-2-4-13(14)19-16(20)8-9-17/h2-7,10H,8-9H2,1H3. The van der Waals surface area contributed by atoms with Crippen LogP contribution in [0.25, 0.3) is 16.7 Å². The average Bonchev–Trinajstić information content (AvgIpc) is 2.80. The molecule has 102 valence electrons. The first-order valence-electron chi connectivity index (χ1n) is 6.49. The van der Waals surface area contributed by atoms with Gasteiger partial charge in [-0.3, -0.25) is 4.57 Å². The monoisotopic (exact) mass is 288 g/mol. The first-order valence-corrected chi connectivity index (χ1v) is 7.03. The Kier molecular flexibility index (Phi) is 3.45. The number of nitrogens with zero attached hydrogens (tertiary/aromatic N) is 2. The summed E-state index contributed by atoms with van der Waals surface area (Å²) in [4.78, 5) is 4.61. The van der Waals surface area contributed by atoms with E-state index >= 15 is 0 Å². The van der Waals surface area contributed by atoms with Crippen LogP contribution in [0.3, 0.4) is 0 Å². The van der Waals surface area contributed by atoms with Gasteiger partial charge in [-0.25, -0.2) is 9.37 Å². The van der Waals surface area contributed by atoms with E-state index in [1.807, 2.05) is 35.8 Å². The Morgan fingerprint density at radius 2 is 2.00 bits per heavy atom. The first kappa shape index (κ1) is 13.1. The fourth-order valence-corrected chi connectivity index (χ4v) is 2.59. The molecule has 2 nitrogen and oxygen atoms in total. The van der Waals surface area contributed by atoms with Crippen molar-refractivity contribution in [3.05, 3.63) is 59.7 Å². The molecule has 3 rings (SSSR count). The van der Waals surface area contributed by atoms with Gasteiger partial charge in [-0.1, -0.05) is 18.2 Å². The van der Waals surface area contributed by atoms with Crippen LogP contribution in [-0.4, -0.2) is 15.4 Å². The smallest absolute Gasteiger partial charge is 0.125 e. The van der Waals surface area contributed by atoms with Crippen molar-refractivity contribution in [2.45, 2.75) is 13.3 Å². The summed E-state index contributed by atoms with van der Waals surface area (Å²) < 4.78 is 15.6. The third kappa shape index (κ3) is 2.18. The molecule has 0 aliphatic rings. The third-order valence-electron chi connectivity index (χ3n) is 3.36.